The molecule has 7 nitrogen and oxygen atoms in total. The molecule has 4 N–H and O–H groups in total. The standard InChI is InChI=1S/C36H56N2O5/c1-25(39)13-18-33(42)38-24-34(43)37-21-11-9-7-5-3-4-6-8-10-12-26-22-27-23-28(40)14-15-29(27)30-19-20-36(2)31(35(26)30)16-17-32(36)41/h14-15,23,26,30-32,35,40-41H,3-13,16-22,24H2,1-2H3,(H,37,43)(H,38,42)/t26-,30-,31+,32+,35-,36+/m1/s1. The van der Waals surface area contributed by atoms with Crippen LogP contribution in [0.25, 0.3) is 0 Å². The number of phenols is 1. The molecule has 0 heterocycles. The van der Waals surface area contributed by atoms with Gasteiger partial charge in [-0.25, -0.2) is 0 Å². The number of carbonyl (C=O) groups is 3. The first-order valence-corrected chi connectivity index (χ1v) is 17.2. The van der Waals surface area contributed by atoms with E-state index in [4.69, 9.17) is 0 Å². The van der Waals surface area contributed by atoms with Gasteiger partial charge in [0.15, 0.2) is 0 Å². The number of aliphatic hydroxyl groups excluding tert-OH is 1. The first-order valence-electron chi connectivity index (χ1n) is 17.2. The van der Waals surface area contributed by atoms with Crippen molar-refractivity contribution in [1.29, 1.82) is 0 Å². The van der Waals surface area contributed by atoms with Gasteiger partial charge in [-0.05, 0) is 104 Å². The number of nitrogens with one attached hydrogen (secondary N) is 2. The van der Waals surface area contributed by atoms with Crippen molar-refractivity contribution in [2.45, 2.75) is 135 Å². The zero-order chi connectivity index (χ0) is 30.8. The van der Waals surface area contributed by atoms with Crippen LogP contribution in [0.2, 0.25) is 0 Å². The van der Waals surface area contributed by atoms with Crippen LogP contribution < -0.4 is 10.6 Å². The molecular weight excluding hydrogens is 540 g/mol. The van der Waals surface area contributed by atoms with Crippen LogP contribution >= 0.6 is 0 Å². The van der Waals surface area contributed by atoms with Crippen molar-refractivity contribution in [2.24, 2.45) is 23.2 Å². The fraction of sp³-hybridized carbons (Fsp3) is 0.750. The topological polar surface area (TPSA) is 116 Å². The number of phenolic OH excluding ortho intramolecular Hbond substituents is 1. The van der Waals surface area contributed by atoms with Crippen molar-refractivity contribution >= 4 is 17.6 Å². The van der Waals surface area contributed by atoms with Crippen LogP contribution in [0.15, 0.2) is 18.2 Å². The van der Waals surface area contributed by atoms with Gasteiger partial charge in [-0.2, -0.15) is 0 Å². The van der Waals surface area contributed by atoms with Gasteiger partial charge in [0.2, 0.25) is 11.8 Å². The van der Waals surface area contributed by atoms with Gasteiger partial charge in [-0.3, -0.25) is 9.59 Å². The fourth-order valence-corrected chi connectivity index (χ4v) is 8.65. The third kappa shape index (κ3) is 9.06. The molecule has 4 rings (SSSR count). The number of benzene rings is 1. The summed E-state index contributed by atoms with van der Waals surface area (Å²) in [4.78, 5) is 34.4. The Morgan fingerprint density at radius 2 is 1.58 bits per heavy atom. The number of unbranched alkanes of at least 4 members (excludes halogenated alkanes) is 8. The highest BCUT2D eigenvalue weighted by molar-refractivity contribution is 5.87. The number of hydrogen-bond donors (Lipinski definition) is 4. The average Bonchev–Trinajstić information content (AvgIpc) is 3.28. The molecular formula is C36H56N2O5. The number of fused-ring (bicyclic) bond motifs is 5. The maximum absolute atomic E-state index is 11.8. The summed E-state index contributed by atoms with van der Waals surface area (Å²) in [5, 5.41) is 26.5. The van der Waals surface area contributed by atoms with Crippen molar-refractivity contribution in [3.05, 3.63) is 29.3 Å². The summed E-state index contributed by atoms with van der Waals surface area (Å²) in [6, 6.07) is 6.08. The van der Waals surface area contributed by atoms with Gasteiger partial charge in [0.25, 0.3) is 0 Å². The van der Waals surface area contributed by atoms with E-state index in [0.29, 0.717) is 36.0 Å². The maximum Gasteiger partial charge on any atom is 0.239 e. The lowest BCUT2D eigenvalue weighted by Gasteiger charge is -2.53. The molecule has 0 spiro atoms. The number of ketones is 1. The number of amides is 2. The smallest absolute Gasteiger partial charge is 0.239 e. The van der Waals surface area contributed by atoms with E-state index in [1.54, 1.807) is 0 Å². The molecule has 240 valence electrons. The minimum Gasteiger partial charge on any atom is -0.508 e. The predicted molar refractivity (Wildman–Crippen MR) is 170 cm³/mol. The lowest BCUT2D eigenvalue weighted by atomic mass is 9.52. The third-order valence-corrected chi connectivity index (χ3v) is 11.1. The van der Waals surface area contributed by atoms with E-state index in [0.717, 1.165) is 44.9 Å². The first kappa shape index (κ1) is 33.5. The Labute approximate surface area is 259 Å². The minimum atomic E-state index is -0.263. The van der Waals surface area contributed by atoms with E-state index < -0.39 is 0 Å². The number of carbonyl (C=O) groups excluding carboxylic acids is 3. The molecule has 0 aliphatic heterocycles. The van der Waals surface area contributed by atoms with Gasteiger partial charge in [0.05, 0.1) is 12.6 Å². The summed E-state index contributed by atoms with van der Waals surface area (Å²) in [7, 11) is 0. The zero-order valence-electron chi connectivity index (χ0n) is 26.7. The second-order valence-corrected chi connectivity index (χ2v) is 14.1. The summed E-state index contributed by atoms with van der Waals surface area (Å²) in [6.07, 6.45) is 17.8. The second kappa shape index (κ2) is 16.1. The average molecular weight is 597 g/mol. The Morgan fingerprint density at radius 1 is 0.884 bits per heavy atom. The molecule has 0 saturated heterocycles. The highest BCUT2D eigenvalue weighted by atomic mass is 16.3. The van der Waals surface area contributed by atoms with Crippen molar-refractivity contribution in [2.75, 3.05) is 13.1 Å². The molecule has 7 heteroatoms. The fourth-order valence-electron chi connectivity index (χ4n) is 8.65. The van der Waals surface area contributed by atoms with E-state index in [2.05, 4.69) is 23.6 Å². The maximum atomic E-state index is 11.8. The van der Waals surface area contributed by atoms with Crippen LogP contribution in [-0.4, -0.2) is 47.0 Å². The van der Waals surface area contributed by atoms with Crippen LogP contribution in [0.1, 0.15) is 134 Å². The van der Waals surface area contributed by atoms with Gasteiger partial charge >= 0.3 is 0 Å². The summed E-state index contributed by atoms with van der Waals surface area (Å²) in [5.41, 5.74) is 2.91. The van der Waals surface area contributed by atoms with Gasteiger partial charge in [-0.1, -0.05) is 64.4 Å². The molecule has 0 unspecified atom stereocenters. The highest BCUT2D eigenvalue weighted by Crippen LogP contribution is 2.62. The van der Waals surface area contributed by atoms with Crippen LogP contribution in [0.3, 0.4) is 0 Å². The highest BCUT2D eigenvalue weighted by Gasteiger charge is 2.56. The summed E-state index contributed by atoms with van der Waals surface area (Å²) in [5.74, 6) is 2.43. The molecule has 2 saturated carbocycles. The number of hydrogen-bond acceptors (Lipinski definition) is 5. The van der Waals surface area contributed by atoms with E-state index in [9.17, 15) is 24.6 Å². The van der Waals surface area contributed by atoms with Crippen LogP contribution in [-0.2, 0) is 20.8 Å². The van der Waals surface area contributed by atoms with Gasteiger partial charge < -0.3 is 25.6 Å². The number of rotatable bonds is 17. The minimum absolute atomic E-state index is 0.0274. The molecule has 0 bridgehead atoms. The van der Waals surface area contributed by atoms with Crippen molar-refractivity contribution in [3.8, 4) is 5.75 Å². The first-order chi connectivity index (χ1) is 20.7. The van der Waals surface area contributed by atoms with Gasteiger partial charge in [0, 0.05) is 19.4 Å². The number of Topliss-reactive ketones (excluding diaryl/α,β-unsaturated/α-hetero) is 1. The summed E-state index contributed by atoms with van der Waals surface area (Å²) >= 11 is 0. The Bertz CT molecular complexity index is 1090. The molecule has 43 heavy (non-hydrogen) atoms. The predicted octanol–water partition coefficient (Wildman–Crippen LogP) is 6.34. The Morgan fingerprint density at radius 3 is 2.30 bits per heavy atom. The van der Waals surface area contributed by atoms with E-state index >= 15 is 0 Å². The van der Waals surface area contributed by atoms with Crippen molar-refractivity contribution in [1.82, 2.24) is 10.6 Å². The molecule has 2 fully saturated rings. The largest absolute Gasteiger partial charge is 0.508 e. The third-order valence-electron chi connectivity index (χ3n) is 11.1. The van der Waals surface area contributed by atoms with E-state index in [-0.39, 0.29) is 48.5 Å². The van der Waals surface area contributed by atoms with Crippen molar-refractivity contribution < 1.29 is 24.6 Å². The monoisotopic (exact) mass is 596 g/mol. The molecule has 3 aliphatic rings. The lowest BCUT2D eigenvalue weighted by molar-refractivity contribution is -0.127. The zero-order valence-corrected chi connectivity index (χ0v) is 26.7. The molecule has 6 atom stereocenters. The number of aromatic hydroxyl groups is 1. The molecule has 0 aromatic heterocycles. The molecule has 1 aromatic rings. The SMILES string of the molecule is CC(=O)CCC(=O)NCC(=O)NCCCCCCCCCCC[C@@H]1Cc2cc(O)ccc2[C@H]2CC[C@]3(C)[C@@H](O)CC[C@H]3[C@H]12. The van der Waals surface area contributed by atoms with Gasteiger partial charge in [-0.15, -0.1) is 0 Å². The molecule has 1 aromatic carbocycles. The molecule has 3 aliphatic carbocycles. The summed E-state index contributed by atoms with van der Waals surface area (Å²) < 4.78 is 0. The Hall–Kier alpha value is -2.41. The van der Waals surface area contributed by atoms with Crippen LogP contribution in [0.5, 0.6) is 5.75 Å². The van der Waals surface area contributed by atoms with Crippen LogP contribution in [0.4, 0.5) is 0 Å². The van der Waals surface area contributed by atoms with E-state index in [1.165, 1.54) is 69.4 Å². The van der Waals surface area contributed by atoms with Crippen LogP contribution in [0, 0.1) is 23.2 Å². The second-order valence-electron chi connectivity index (χ2n) is 14.1. The van der Waals surface area contributed by atoms with Crippen molar-refractivity contribution in [3.63, 3.8) is 0 Å². The number of aliphatic hydroxyl groups is 1. The lowest BCUT2D eigenvalue weighted by Crippen LogP contribution is -2.47. The Balaban J connectivity index is 1.07. The Kier molecular flexibility index (Phi) is 12.5. The molecule has 0 radical (unpaired) electrons. The quantitative estimate of drug-likeness (QED) is 0.157. The van der Waals surface area contributed by atoms with E-state index in [1.807, 2.05) is 12.1 Å². The summed E-state index contributed by atoms with van der Waals surface area (Å²) in [6.45, 7) is 4.41. The normalized spacial score (nSPS) is 27.6. The van der Waals surface area contributed by atoms with Gasteiger partial charge in [0.1, 0.15) is 11.5 Å². The molecule has 2 amide bonds.